The van der Waals surface area contributed by atoms with Crippen molar-refractivity contribution in [3.8, 4) is 17.2 Å². The predicted octanol–water partition coefficient (Wildman–Crippen LogP) is 1.49. The first-order valence-electron chi connectivity index (χ1n) is 8.89. The molecule has 0 saturated carbocycles. The van der Waals surface area contributed by atoms with Gasteiger partial charge in [0.15, 0.2) is 11.5 Å². The van der Waals surface area contributed by atoms with Gasteiger partial charge in [0.25, 0.3) is 5.91 Å². The van der Waals surface area contributed by atoms with E-state index in [0.717, 1.165) is 4.31 Å². The lowest BCUT2D eigenvalue weighted by Crippen LogP contribution is -2.35. The lowest BCUT2D eigenvalue weighted by Gasteiger charge is -2.15. The fraction of sp³-hybridized carbons (Fsp3) is 0.316. The molecule has 162 valence electrons. The van der Waals surface area contributed by atoms with Crippen molar-refractivity contribution < 1.29 is 32.5 Å². The standard InChI is InChI=1S/C19H21ClN2O7S/c1-22(2)30(25,26)14-4-5-16(20)15(8-14)19(24)21-9-12(23)10-27-13-3-6-17-18(7-13)29-11-28-17/h3-8,12,23H,9-11H2,1-2H3,(H,21,24). The fourth-order valence-electron chi connectivity index (χ4n) is 2.57. The van der Waals surface area contributed by atoms with Crippen molar-refractivity contribution in [1.82, 2.24) is 9.62 Å². The summed E-state index contributed by atoms with van der Waals surface area (Å²) in [6.45, 7) is -0.0554. The third kappa shape index (κ3) is 4.96. The van der Waals surface area contributed by atoms with Crippen LogP contribution < -0.4 is 19.5 Å². The molecule has 1 aliphatic heterocycles. The topological polar surface area (TPSA) is 114 Å². The SMILES string of the molecule is CN(C)S(=O)(=O)c1ccc(Cl)c(C(=O)NCC(O)COc2ccc3c(c2)OCO3)c1. The second-order valence-corrected chi connectivity index (χ2v) is 9.18. The van der Waals surface area contributed by atoms with Crippen molar-refractivity contribution in [2.45, 2.75) is 11.0 Å². The van der Waals surface area contributed by atoms with Gasteiger partial charge in [-0.05, 0) is 30.3 Å². The Balaban J connectivity index is 1.57. The van der Waals surface area contributed by atoms with Crippen LogP contribution in [-0.4, -0.2) is 63.9 Å². The number of amides is 1. The molecule has 1 unspecified atom stereocenters. The molecule has 30 heavy (non-hydrogen) atoms. The zero-order valence-electron chi connectivity index (χ0n) is 16.3. The summed E-state index contributed by atoms with van der Waals surface area (Å²) >= 11 is 6.05. The molecule has 2 aromatic rings. The molecular weight excluding hydrogens is 436 g/mol. The van der Waals surface area contributed by atoms with Crippen LogP contribution in [0.3, 0.4) is 0 Å². The van der Waals surface area contributed by atoms with Crippen molar-refractivity contribution >= 4 is 27.5 Å². The lowest BCUT2D eigenvalue weighted by atomic mass is 10.2. The molecule has 1 heterocycles. The second kappa shape index (κ2) is 9.09. The Bertz CT molecular complexity index is 1040. The van der Waals surface area contributed by atoms with Gasteiger partial charge in [-0.25, -0.2) is 12.7 Å². The van der Waals surface area contributed by atoms with E-state index < -0.39 is 22.0 Å². The average Bonchev–Trinajstić information content (AvgIpc) is 3.18. The summed E-state index contributed by atoms with van der Waals surface area (Å²) in [5, 5.41) is 12.7. The van der Waals surface area contributed by atoms with Crippen LogP contribution in [-0.2, 0) is 10.0 Å². The van der Waals surface area contributed by atoms with Gasteiger partial charge in [0.2, 0.25) is 16.8 Å². The minimum absolute atomic E-state index is 0.0107. The minimum Gasteiger partial charge on any atom is -0.491 e. The Morgan fingerprint density at radius 2 is 1.97 bits per heavy atom. The monoisotopic (exact) mass is 456 g/mol. The number of ether oxygens (including phenoxy) is 3. The highest BCUT2D eigenvalue weighted by Gasteiger charge is 2.21. The number of fused-ring (bicyclic) bond motifs is 1. The molecule has 0 saturated heterocycles. The van der Waals surface area contributed by atoms with E-state index >= 15 is 0 Å². The molecule has 0 aliphatic carbocycles. The number of aliphatic hydroxyl groups is 1. The molecule has 1 aliphatic rings. The van der Waals surface area contributed by atoms with Gasteiger partial charge in [0, 0.05) is 26.7 Å². The van der Waals surface area contributed by atoms with Gasteiger partial charge >= 0.3 is 0 Å². The van der Waals surface area contributed by atoms with E-state index in [0.29, 0.717) is 17.2 Å². The Kier molecular flexibility index (Phi) is 6.71. The highest BCUT2D eigenvalue weighted by atomic mass is 35.5. The van der Waals surface area contributed by atoms with Crippen molar-refractivity contribution in [1.29, 1.82) is 0 Å². The van der Waals surface area contributed by atoms with Gasteiger partial charge in [-0.3, -0.25) is 4.79 Å². The van der Waals surface area contributed by atoms with E-state index in [1.807, 2.05) is 0 Å². The summed E-state index contributed by atoms with van der Waals surface area (Å²) in [5.41, 5.74) is -0.0107. The summed E-state index contributed by atoms with van der Waals surface area (Å²) in [6.07, 6.45) is -1.01. The van der Waals surface area contributed by atoms with E-state index in [4.69, 9.17) is 25.8 Å². The minimum atomic E-state index is -3.72. The lowest BCUT2D eigenvalue weighted by molar-refractivity contribution is 0.0843. The fourth-order valence-corrected chi connectivity index (χ4v) is 3.71. The number of nitrogens with zero attached hydrogens (tertiary/aromatic N) is 1. The van der Waals surface area contributed by atoms with Crippen molar-refractivity contribution in [3.05, 3.63) is 47.0 Å². The van der Waals surface area contributed by atoms with Crippen LogP contribution >= 0.6 is 11.6 Å². The zero-order valence-corrected chi connectivity index (χ0v) is 17.9. The molecule has 0 aromatic heterocycles. The predicted molar refractivity (Wildman–Crippen MR) is 109 cm³/mol. The Labute approximate surface area is 179 Å². The van der Waals surface area contributed by atoms with Crippen LogP contribution in [0.1, 0.15) is 10.4 Å². The summed E-state index contributed by atoms with van der Waals surface area (Å²) in [6, 6.07) is 8.87. The smallest absolute Gasteiger partial charge is 0.252 e. The van der Waals surface area contributed by atoms with Gasteiger partial charge in [-0.1, -0.05) is 11.6 Å². The Morgan fingerprint density at radius 1 is 1.23 bits per heavy atom. The first-order chi connectivity index (χ1) is 14.2. The van der Waals surface area contributed by atoms with E-state index in [2.05, 4.69) is 5.32 Å². The summed E-state index contributed by atoms with van der Waals surface area (Å²) in [7, 11) is -0.940. The molecule has 2 N–H and O–H groups in total. The molecule has 0 spiro atoms. The third-order valence-corrected chi connectivity index (χ3v) is 6.39. The van der Waals surface area contributed by atoms with Gasteiger partial charge in [-0.2, -0.15) is 0 Å². The number of sulfonamides is 1. The first-order valence-corrected chi connectivity index (χ1v) is 10.7. The van der Waals surface area contributed by atoms with Crippen LogP contribution in [0.5, 0.6) is 17.2 Å². The second-order valence-electron chi connectivity index (χ2n) is 6.62. The molecule has 2 aromatic carbocycles. The number of carbonyl (C=O) groups is 1. The van der Waals surface area contributed by atoms with Gasteiger partial charge in [-0.15, -0.1) is 0 Å². The number of halogens is 1. The van der Waals surface area contributed by atoms with Gasteiger partial charge in [0.05, 0.1) is 15.5 Å². The van der Waals surface area contributed by atoms with Gasteiger partial charge in [0.1, 0.15) is 18.5 Å². The van der Waals surface area contributed by atoms with E-state index in [9.17, 15) is 18.3 Å². The average molecular weight is 457 g/mol. The number of benzene rings is 2. The van der Waals surface area contributed by atoms with Crippen LogP contribution in [0.15, 0.2) is 41.3 Å². The molecule has 11 heteroatoms. The molecule has 9 nitrogen and oxygen atoms in total. The maximum atomic E-state index is 12.4. The zero-order chi connectivity index (χ0) is 21.9. The number of hydrogen-bond donors (Lipinski definition) is 2. The largest absolute Gasteiger partial charge is 0.491 e. The summed E-state index contributed by atoms with van der Waals surface area (Å²) in [5.74, 6) is 1.04. The molecule has 0 fully saturated rings. The summed E-state index contributed by atoms with van der Waals surface area (Å²) < 4.78 is 41.5. The molecule has 1 amide bonds. The first kappa shape index (κ1) is 22.2. The van der Waals surface area contributed by atoms with Gasteiger partial charge < -0.3 is 24.6 Å². The number of hydrogen-bond acceptors (Lipinski definition) is 7. The maximum absolute atomic E-state index is 12.4. The van der Waals surface area contributed by atoms with Crippen molar-refractivity contribution in [2.75, 3.05) is 34.0 Å². The van der Waals surface area contributed by atoms with Crippen molar-refractivity contribution in [3.63, 3.8) is 0 Å². The molecule has 0 bridgehead atoms. The Morgan fingerprint density at radius 3 is 2.70 bits per heavy atom. The molecule has 0 radical (unpaired) electrons. The van der Waals surface area contributed by atoms with E-state index in [1.165, 1.54) is 32.3 Å². The molecule has 3 rings (SSSR count). The molecular formula is C19H21ClN2O7S. The quantitative estimate of drug-likeness (QED) is 0.618. The number of carbonyl (C=O) groups excluding carboxylic acids is 1. The van der Waals surface area contributed by atoms with Crippen LogP contribution in [0, 0.1) is 0 Å². The van der Waals surface area contributed by atoms with Crippen LogP contribution in [0.4, 0.5) is 0 Å². The number of rotatable bonds is 8. The number of aliphatic hydroxyl groups excluding tert-OH is 1. The summed E-state index contributed by atoms with van der Waals surface area (Å²) in [4.78, 5) is 12.4. The normalized spacial score (nSPS) is 13.9. The highest BCUT2D eigenvalue weighted by molar-refractivity contribution is 7.89. The third-order valence-electron chi connectivity index (χ3n) is 4.25. The Hall–Kier alpha value is -2.53. The number of nitrogens with one attached hydrogen (secondary N) is 1. The molecule has 1 atom stereocenters. The maximum Gasteiger partial charge on any atom is 0.252 e. The highest BCUT2D eigenvalue weighted by Crippen LogP contribution is 2.35. The van der Waals surface area contributed by atoms with Crippen molar-refractivity contribution in [2.24, 2.45) is 0 Å². The van der Waals surface area contributed by atoms with E-state index in [1.54, 1.807) is 18.2 Å². The van der Waals surface area contributed by atoms with Crippen LogP contribution in [0.2, 0.25) is 5.02 Å². The van der Waals surface area contributed by atoms with Crippen LogP contribution in [0.25, 0.3) is 0 Å². The van der Waals surface area contributed by atoms with E-state index in [-0.39, 0.29) is 35.4 Å².